The molecule has 0 aliphatic carbocycles. The standard InChI is InChI=1S/C21H23N5O/c1-15-18(12-22)17-7-3-4-8-19(17)26(15)14-20(27)25-10-5-6-16(13-25)21-23-9-11-24(21)2/h3-4,7-9,11,16H,5-6,10,13-14H2,1-2H3. The van der Waals surface area contributed by atoms with Crippen LogP contribution in [-0.4, -0.2) is 38.0 Å². The van der Waals surface area contributed by atoms with E-state index in [4.69, 9.17) is 0 Å². The van der Waals surface area contributed by atoms with Crippen LogP contribution in [0.1, 0.15) is 35.8 Å². The van der Waals surface area contributed by atoms with Crippen LogP contribution in [0.15, 0.2) is 36.7 Å². The van der Waals surface area contributed by atoms with Gasteiger partial charge in [-0.15, -0.1) is 0 Å². The zero-order chi connectivity index (χ0) is 19.0. The van der Waals surface area contributed by atoms with Crippen LogP contribution in [0.3, 0.4) is 0 Å². The minimum absolute atomic E-state index is 0.0993. The van der Waals surface area contributed by atoms with Gasteiger partial charge in [0.2, 0.25) is 5.91 Å². The lowest BCUT2D eigenvalue weighted by Crippen LogP contribution is -2.41. The first-order chi connectivity index (χ1) is 13.1. The monoisotopic (exact) mass is 361 g/mol. The third kappa shape index (κ3) is 2.99. The van der Waals surface area contributed by atoms with Gasteiger partial charge in [0.1, 0.15) is 18.4 Å². The number of imidazole rings is 1. The van der Waals surface area contributed by atoms with E-state index in [-0.39, 0.29) is 18.4 Å². The molecule has 1 amide bonds. The van der Waals surface area contributed by atoms with Crippen LogP contribution in [0, 0.1) is 18.3 Å². The third-order valence-electron chi connectivity index (χ3n) is 5.63. The van der Waals surface area contributed by atoms with E-state index in [1.54, 1.807) is 0 Å². The zero-order valence-electron chi connectivity index (χ0n) is 15.7. The highest BCUT2D eigenvalue weighted by Gasteiger charge is 2.27. The first kappa shape index (κ1) is 17.3. The lowest BCUT2D eigenvalue weighted by Gasteiger charge is -2.32. The van der Waals surface area contributed by atoms with E-state index < -0.39 is 0 Å². The van der Waals surface area contributed by atoms with Crippen molar-refractivity contribution in [3.63, 3.8) is 0 Å². The molecule has 27 heavy (non-hydrogen) atoms. The van der Waals surface area contributed by atoms with Gasteiger partial charge < -0.3 is 14.0 Å². The van der Waals surface area contributed by atoms with Crippen molar-refractivity contribution in [2.75, 3.05) is 13.1 Å². The number of hydrogen-bond acceptors (Lipinski definition) is 3. The van der Waals surface area contributed by atoms with E-state index in [1.165, 1.54) is 0 Å². The molecule has 3 heterocycles. The van der Waals surface area contributed by atoms with E-state index in [9.17, 15) is 10.1 Å². The minimum Gasteiger partial charge on any atom is -0.340 e. The summed E-state index contributed by atoms with van der Waals surface area (Å²) in [6, 6.07) is 10.1. The molecule has 1 atom stereocenters. The average Bonchev–Trinajstić information content (AvgIpc) is 3.23. The number of nitrogens with zero attached hydrogens (tertiary/aromatic N) is 5. The molecular formula is C21H23N5O. The third-order valence-corrected chi connectivity index (χ3v) is 5.63. The van der Waals surface area contributed by atoms with E-state index in [2.05, 4.69) is 11.1 Å². The molecule has 1 aliphatic heterocycles. The van der Waals surface area contributed by atoms with Crippen LogP contribution in [-0.2, 0) is 18.4 Å². The van der Waals surface area contributed by atoms with Crippen LogP contribution in [0.2, 0.25) is 0 Å². The Bertz CT molecular complexity index is 1040. The number of aromatic nitrogens is 3. The lowest BCUT2D eigenvalue weighted by atomic mass is 9.97. The topological polar surface area (TPSA) is 66.8 Å². The summed E-state index contributed by atoms with van der Waals surface area (Å²) in [5, 5.41) is 10.4. The van der Waals surface area contributed by atoms with Crippen molar-refractivity contribution in [3.8, 4) is 6.07 Å². The molecule has 6 nitrogen and oxygen atoms in total. The van der Waals surface area contributed by atoms with Gasteiger partial charge in [-0.05, 0) is 25.8 Å². The van der Waals surface area contributed by atoms with E-state index >= 15 is 0 Å². The van der Waals surface area contributed by atoms with Crippen molar-refractivity contribution in [2.24, 2.45) is 7.05 Å². The van der Waals surface area contributed by atoms with E-state index in [1.807, 2.05) is 64.7 Å². The molecule has 1 aromatic carbocycles. The Balaban J connectivity index is 1.58. The number of likely N-dealkylation sites (tertiary alicyclic amines) is 1. The molecule has 0 N–H and O–H groups in total. The van der Waals surface area contributed by atoms with Crippen molar-refractivity contribution in [1.29, 1.82) is 5.26 Å². The molecule has 1 saturated heterocycles. The van der Waals surface area contributed by atoms with Gasteiger partial charge in [0.15, 0.2) is 0 Å². The van der Waals surface area contributed by atoms with Crippen molar-refractivity contribution in [3.05, 3.63) is 53.7 Å². The molecular weight excluding hydrogens is 338 g/mol. The minimum atomic E-state index is 0.0993. The fourth-order valence-electron chi connectivity index (χ4n) is 4.20. The zero-order valence-corrected chi connectivity index (χ0v) is 15.7. The number of nitriles is 1. The number of aryl methyl sites for hydroxylation is 1. The van der Waals surface area contributed by atoms with Crippen LogP contribution >= 0.6 is 0 Å². The Labute approximate surface area is 158 Å². The van der Waals surface area contributed by atoms with Gasteiger partial charge in [-0.3, -0.25) is 4.79 Å². The second-order valence-corrected chi connectivity index (χ2v) is 7.25. The maximum atomic E-state index is 13.1. The molecule has 2 aromatic heterocycles. The highest BCUT2D eigenvalue weighted by Crippen LogP contribution is 2.28. The molecule has 0 radical (unpaired) electrons. The summed E-state index contributed by atoms with van der Waals surface area (Å²) in [6.45, 7) is 3.66. The van der Waals surface area contributed by atoms with Crippen LogP contribution in [0.5, 0.6) is 0 Å². The number of carbonyl (C=O) groups excluding carboxylic acids is 1. The molecule has 0 saturated carbocycles. The number of benzene rings is 1. The molecule has 3 aromatic rings. The molecule has 1 aliphatic rings. The van der Waals surface area contributed by atoms with Gasteiger partial charge in [0.25, 0.3) is 0 Å². The normalized spacial score (nSPS) is 17.2. The van der Waals surface area contributed by atoms with Gasteiger partial charge in [-0.2, -0.15) is 5.26 Å². The largest absolute Gasteiger partial charge is 0.340 e. The van der Waals surface area contributed by atoms with Crippen molar-refractivity contribution in [1.82, 2.24) is 19.0 Å². The Morgan fingerprint density at radius 3 is 2.93 bits per heavy atom. The molecule has 0 spiro atoms. The summed E-state index contributed by atoms with van der Waals surface area (Å²) in [4.78, 5) is 19.5. The number of carbonyl (C=O) groups is 1. The number of piperidine rings is 1. The highest BCUT2D eigenvalue weighted by atomic mass is 16.2. The maximum absolute atomic E-state index is 13.1. The summed E-state index contributed by atoms with van der Waals surface area (Å²) < 4.78 is 4.02. The van der Waals surface area contributed by atoms with Gasteiger partial charge in [0.05, 0.1) is 11.1 Å². The molecule has 1 unspecified atom stereocenters. The predicted molar refractivity (Wildman–Crippen MR) is 103 cm³/mol. The van der Waals surface area contributed by atoms with Gasteiger partial charge in [-0.25, -0.2) is 4.98 Å². The first-order valence-electron chi connectivity index (χ1n) is 9.33. The van der Waals surface area contributed by atoms with Crippen molar-refractivity contribution >= 4 is 16.8 Å². The summed E-state index contributed by atoms with van der Waals surface area (Å²) in [5.41, 5.74) is 2.45. The fourth-order valence-corrected chi connectivity index (χ4v) is 4.20. The highest BCUT2D eigenvalue weighted by molar-refractivity contribution is 5.89. The second-order valence-electron chi connectivity index (χ2n) is 7.25. The maximum Gasteiger partial charge on any atom is 0.242 e. The van der Waals surface area contributed by atoms with Crippen molar-refractivity contribution < 1.29 is 4.79 Å². The van der Waals surface area contributed by atoms with E-state index in [0.29, 0.717) is 12.1 Å². The Kier molecular flexibility index (Phi) is 4.44. The summed E-state index contributed by atoms with van der Waals surface area (Å²) in [5.74, 6) is 1.42. The smallest absolute Gasteiger partial charge is 0.242 e. The van der Waals surface area contributed by atoms with Crippen LogP contribution in [0.25, 0.3) is 10.9 Å². The Morgan fingerprint density at radius 2 is 2.19 bits per heavy atom. The first-order valence-corrected chi connectivity index (χ1v) is 9.33. The summed E-state index contributed by atoms with van der Waals surface area (Å²) in [7, 11) is 2.00. The fraction of sp³-hybridized carbons (Fsp3) is 0.381. The van der Waals surface area contributed by atoms with Gasteiger partial charge in [0, 0.05) is 49.5 Å². The predicted octanol–water partition coefficient (Wildman–Crippen LogP) is 2.96. The number of para-hydroxylation sites is 1. The average molecular weight is 361 g/mol. The Hall–Kier alpha value is -3.07. The number of hydrogen-bond donors (Lipinski definition) is 0. The molecule has 1 fully saturated rings. The second kappa shape index (κ2) is 6.92. The SMILES string of the molecule is Cc1c(C#N)c2ccccc2n1CC(=O)N1CCCC(c2nccn2C)C1. The van der Waals surface area contributed by atoms with Gasteiger partial charge >= 0.3 is 0 Å². The summed E-state index contributed by atoms with van der Waals surface area (Å²) in [6.07, 6.45) is 5.81. The molecule has 4 rings (SSSR count). The number of fused-ring (bicyclic) bond motifs is 1. The Morgan fingerprint density at radius 1 is 1.37 bits per heavy atom. The number of rotatable bonds is 3. The van der Waals surface area contributed by atoms with Crippen LogP contribution in [0.4, 0.5) is 0 Å². The van der Waals surface area contributed by atoms with Crippen molar-refractivity contribution in [2.45, 2.75) is 32.2 Å². The van der Waals surface area contributed by atoms with Crippen LogP contribution < -0.4 is 0 Å². The lowest BCUT2D eigenvalue weighted by molar-refractivity contribution is -0.133. The molecule has 6 heteroatoms. The van der Waals surface area contributed by atoms with Gasteiger partial charge in [-0.1, -0.05) is 18.2 Å². The molecule has 138 valence electrons. The van der Waals surface area contributed by atoms with E-state index in [0.717, 1.165) is 41.8 Å². The summed E-state index contributed by atoms with van der Waals surface area (Å²) >= 11 is 0. The quantitative estimate of drug-likeness (QED) is 0.720. The molecule has 0 bridgehead atoms. The number of amides is 1.